The minimum atomic E-state index is -1.06. The van der Waals surface area contributed by atoms with Crippen molar-refractivity contribution in [3.8, 4) is 0 Å². The number of benzene rings is 2. The molecule has 0 fully saturated rings. The van der Waals surface area contributed by atoms with Gasteiger partial charge in [-0.25, -0.2) is 4.79 Å². The van der Waals surface area contributed by atoms with Gasteiger partial charge in [-0.05, 0) is 47.2 Å². The van der Waals surface area contributed by atoms with Crippen LogP contribution in [0.3, 0.4) is 0 Å². The number of fused-ring (bicyclic) bond motifs is 1. The molecule has 0 aliphatic heterocycles. The molecule has 3 aromatic rings. The van der Waals surface area contributed by atoms with Crippen LogP contribution in [0.5, 0.6) is 0 Å². The molecule has 0 radical (unpaired) electrons. The summed E-state index contributed by atoms with van der Waals surface area (Å²) in [7, 11) is 0. The first kappa shape index (κ1) is 13.7. The Labute approximate surface area is 129 Å². The van der Waals surface area contributed by atoms with Crippen molar-refractivity contribution in [3.05, 3.63) is 64.5 Å². The summed E-state index contributed by atoms with van der Waals surface area (Å²) < 4.78 is 6.25. The Morgan fingerprint density at radius 1 is 1.10 bits per heavy atom. The van der Waals surface area contributed by atoms with Crippen LogP contribution in [0.25, 0.3) is 10.8 Å². The summed E-state index contributed by atoms with van der Waals surface area (Å²) in [6.45, 7) is 0.440. The monoisotopic (exact) mass is 345 g/mol. The van der Waals surface area contributed by atoms with Crippen LogP contribution in [0.1, 0.15) is 16.3 Å². The second-order valence-electron chi connectivity index (χ2n) is 4.63. The number of anilines is 1. The molecule has 0 spiro atoms. The molecule has 5 heteroatoms. The Morgan fingerprint density at radius 2 is 1.86 bits per heavy atom. The third kappa shape index (κ3) is 3.08. The van der Waals surface area contributed by atoms with Crippen molar-refractivity contribution < 1.29 is 14.3 Å². The molecule has 2 aromatic carbocycles. The Bertz CT molecular complexity index is 810. The first-order chi connectivity index (χ1) is 10.1. The summed E-state index contributed by atoms with van der Waals surface area (Å²) in [5.41, 5.74) is 0.957. The van der Waals surface area contributed by atoms with Crippen molar-refractivity contribution in [1.82, 2.24) is 0 Å². The molecule has 21 heavy (non-hydrogen) atoms. The Hall–Kier alpha value is -2.27. The molecule has 0 saturated carbocycles. The Balaban J connectivity index is 1.75. The number of hydrogen-bond acceptors (Lipinski definition) is 3. The number of carbonyl (C=O) groups is 1. The van der Waals surface area contributed by atoms with Gasteiger partial charge in [0.2, 0.25) is 5.76 Å². The van der Waals surface area contributed by atoms with Crippen LogP contribution in [0, 0.1) is 0 Å². The van der Waals surface area contributed by atoms with E-state index in [-0.39, 0.29) is 5.76 Å². The molecule has 1 heterocycles. The summed E-state index contributed by atoms with van der Waals surface area (Å²) >= 11 is 3.45. The fourth-order valence-electron chi connectivity index (χ4n) is 2.10. The number of furan rings is 1. The summed E-state index contributed by atoms with van der Waals surface area (Å²) in [5.74, 6) is -0.518. The van der Waals surface area contributed by atoms with Gasteiger partial charge < -0.3 is 14.8 Å². The fraction of sp³-hybridized carbons (Fsp3) is 0.0625. The van der Waals surface area contributed by atoms with Gasteiger partial charge in [0, 0.05) is 10.2 Å². The molecule has 0 bridgehead atoms. The second-order valence-corrected chi connectivity index (χ2v) is 5.55. The molecule has 3 rings (SSSR count). The molecule has 0 amide bonds. The van der Waals surface area contributed by atoms with Crippen LogP contribution in [-0.2, 0) is 6.54 Å². The molecule has 0 aliphatic carbocycles. The number of nitrogens with one attached hydrogen (secondary N) is 1. The van der Waals surface area contributed by atoms with Crippen molar-refractivity contribution in [2.45, 2.75) is 6.54 Å². The molecule has 106 valence electrons. The van der Waals surface area contributed by atoms with Crippen LogP contribution in [0.15, 0.2) is 57.4 Å². The minimum absolute atomic E-state index is 0.0461. The van der Waals surface area contributed by atoms with Crippen LogP contribution in [0.2, 0.25) is 0 Å². The molecule has 0 aliphatic rings. The van der Waals surface area contributed by atoms with E-state index in [1.54, 1.807) is 6.07 Å². The molecule has 0 unspecified atom stereocenters. The third-order valence-corrected chi connectivity index (χ3v) is 3.63. The van der Waals surface area contributed by atoms with Crippen molar-refractivity contribution in [2.75, 3.05) is 5.32 Å². The smallest absolute Gasteiger partial charge is 0.371 e. The highest BCUT2D eigenvalue weighted by Crippen LogP contribution is 2.23. The highest BCUT2D eigenvalue weighted by Gasteiger charge is 2.08. The summed E-state index contributed by atoms with van der Waals surface area (Å²) in [6, 6.07) is 15.3. The van der Waals surface area contributed by atoms with Gasteiger partial charge in [0.1, 0.15) is 5.76 Å². The Kier molecular flexibility index (Phi) is 3.66. The van der Waals surface area contributed by atoms with E-state index in [9.17, 15) is 4.79 Å². The van der Waals surface area contributed by atoms with Gasteiger partial charge in [-0.2, -0.15) is 0 Å². The van der Waals surface area contributed by atoms with E-state index in [0.29, 0.717) is 12.3 Å². The molecule has 2 N–H and O–H groups in total. The fourth-order valence-corrected chi connectivity index (χ4v) is 2.48. The SMILES string of the molecule is O=C(O)c1ccc(CNc2ccc3cc(Br)ccc3c2)o1. The van der Waals surface area contributed by atoms with Gasteiger partial charge in [-0.1, -0.05) is 28.1 Å². The van der Waals surface area contributed by atoms with E-state index in [1.165, 1.54) is 6.07 Å². The van der Waals surface area contributed by atoms with Crippen LogP contribution in [-0.4, -0.2) is 11.1 Å². The third-order valence-electron chi connectivity index (χ3n) is 3.14. The highest BCUT2D eigenvalue weighted by atomic mass is 79.9. The van der Waals surface area contributed by atoms with Crippen LogP contribution < -0.4 is 5.32 Å². The maximum absolute atomic E-state index is 10.7. The van der Waals surface area contributed by atoms with Gasteiger partial charge in [0.15, 0.2) is 0 Å². The number of aromatic carboxylic acids is 1. The van der Waals surface area contributed by atoms with Gasteiger partial charge >= 0.3 is 5.97 Å². The van der Waals surface area contributed by atoms with Crippen LogP contribution >= 0.6 is 15.9 Å². The lowest BCUT2D eigenvalue weighted by Crippen LogP contribution is -1.98. The number of rotatable bonds is 4. The summed E-state index contributed by atoms with van der Waals surface area (Å²) in [6.07, 6.45) is 0. The average Bonchev–Trinajstić information content (AvgIpc) is 2.94. The standard InChI is InChI=1S/C16H12BrNO3/c17-12-3-1-11-8-13(4-2-10(11)7-12)18-9-14-5-6-15(21-14)16(19)20/h1-8,18H,9H2,(H,19,20). The molecule has 0 saturated heterocycles. The van der Waals surface area contributed by atoms with Gasteiger partial charge in [0.25, 0.3) is 0 Å². The average molecular weight is 346 g/mol. The van der Waals surface area contributed by atoms with Gasteiger partial charge in [-0.15, -0.1) is 0 Å². The van der Waals surface area contributed by atoms with E-state index in [0.717, 1.165) is 20.9 Å². The number of carboxylic acid groups (broad SMARTS) is 1. The molecule has 4 nitrogen and oxygen atoms in total. The lowest BCUT2D eigenvalue weighted by Gasteiger charge is -2.06. The van der Waals surface area contributed by atoms with E-state index >= 15 is 0 Å². The van der Waals surface area contributed by atoms with E-state index in [2.05, 4.69) is 27.3 Å². The molecule has 1 aromatic heterocycles. The van der Waals surface area contributed by atoms with Gasteiger partial charge in [0.05, 0.1) is 6.54 Å². The molecular formula is C16H12BrNO3. The quantitative estimate of drug-likeness (QED) is 0.730. The maximum atomic E-state index is 10.7. The Morgan fingerprint density at radius 3 is 2.62 bits per heavy atom. The second kappa shape index (κ2) is 5.61. The lowest BCUT2D eigenvalue weighted by atomic mass is 10.1. The largest absolute Gasteiger partial charge is 0.475 e. The van der Waals surface area contributed by atoms with Gasteiger partial charge in [-0.3, -0.25) is 0 Å². The highest BCUT2D eigenvalue weighted by molar-refractivity contribution is 9.10. The minimum Gasteiger partial charge on any atom is -0.475 e. The number of hydrogen-bond donors (Lipinski definition) is 2. The zero-order valence-corrected chi connectivity index (χ0v) is 12.6. The van der Waals surface area contributed by atoms with Crippen molar-refractivity contribution in [3.63, 3.8) is 0 Å². The number of carboxylic acids is 1. The predicted molar refractivity (Wildman–Crippen MR) is 84.6 cm³/mol. The van der Waals surface area contributed by atoms with E-state index in [4.69, 9.17) is 9.52 Å². The first-order valence-electron chi connectivity index (χ1n) is 6.37. The predicted octanol–water partition coefficient (Wildman–Crippen LogP) is 4.51. The summed E-state index contributed by atoms with van der Waals surface area (Å²) in [5, 5.41) is 14.3. The molecule has 0 atom stereocenters. The van der Waals surface area contributed by atoms with E-state index < -0.39 is 5.97 Å². The maximum Gasteiger partial charge on any atom is 0.371 e. The van der Waals surface area contributed by atoms with Crippen molar-refractivity contribution in [1.29, 1.82) is 0 Å². The summed E-state index contributed by atoms with van der Waals surface area (Å²) in [4.78, 5) is 10.7. The van der Waals surface area contributed by atoms with Crippen molar-refractivity contribution >= 4 is 38.4 Å². The zero-order chi connectivity index (χ0) is 14.8. The van der Waals surface area contributed by atoms with Crippen molar-refractivity contribution in [2.24, 2.45) is 0 Å². The first-order valence-corrected chi connectivity index (χ1v) is 7.16. The normalized spacial score (nSPS) is 10.7. The topological polar surface area (TPSA) is 62.5 Å². The van der Waals surface area contributed by atoms with Crippen LogP contribution in [0.4, 0.5) is 5.69 Å². The van der Waals surface area contributed by atoms with E-state index in [1.807, 2.05) is 30.3 Å². The lowest BCUT2D eigenvalue weighted by molar-refractivity contribution is 0.0660. The number of halogens is 1. The molecular weight excluding hydrogens is 334 g/mol. The zero-order valence-electron chi connectivity index (χ0n) is 11.0.